The molecule has 7 nitrogen and oxygen atoms in total. The van der Waals surface area contributed by atoms with Crippen LogP contribution in [0.2, 0.25) is 0 Å². The van der Waals surface area contributed by atoms with Crippen LogP contribution in [0.15, 0.2) is 53.3 Å². The highest BCUT2D eigenvalue weighted by Crippen LogP contribution is 2.18. The molecule has 0 bridgehead atoms. The van der Waals surface area contributed by atoms with Gasteiger partial charge in [0, 0.05) is 37.3 Å². The van der Waals surface area contributed by atoms with Gasteiger partial charge in [-0.05, 0) is 43.9 Å². The fourth-order valence-electron chi connectivity index (χ4n) is 2.77. The van der Waals surface area contributed by atoms with Crippen molar-refractivity contribution in [3.05, 3.63) is 66.1 Å². The van der Waals surface area contributed by atoms with Gasteiger partial charge in [0.2, 0.25) is 17.6 Å². The third-order valence-corrected chi connectivity index (χ3v) is 4.32. The van der Waals surface area contributed by atoms with Gasteiger partial charge in [0.15, 0.2) is 0 Å². The van der Waals surface area contributed by atoms with Crippen molar-refractivity contribution in [2.45, 2.75) is 18.9 Å². The molecule has 1 unspecified atom stereocenters. The SMILES string of the molecule is CN(C)C(CNC(=O)CCc1nc(-c2cccnc2)no1)c1ccc(F)cc1. The highest BCUT2D eigenvalue weighted by molar-refractivity contribution is 5.76. The van der Waals surface area contributed by atoms with Gasteiger partial charge in [0.25, 0.3) is 0 Å². The summed E-state index contributed by atoms with van der Waals surface area (Å²) in [5.41, 5.74) is 1.69. The minimum Gasteiger partial charge on any atom is -0.354 e. The van der Waals surface area contributed by atoms with E-state index in [1.54, 1.807) is 30.6 Å². The first-order valence-electron chi connectivity index (χ1n) is 8.94. The standard InChI is InChI=1S/C20H22FN5O2/c1-26(2)17(14-5-7-16(21)8-6-14)13-23-18(27)9-10-19-24-20(25-28-19)15-4-3-11-22-12-15/h3-8,11-12,17H,9-10,13H2,1-2H3,(H,23,27). The third-order valence-electron chi connectivity index (χ3n) is 4.32. The molecule has 0 spiro atoms. The van der Waals surface area contributed by atoms with Crippen molar-refractivity contribution >= 4 is 5.91 Å². The van der Waals surface area contributed by atoms with Crippen molar-refractivity contribution in [2.24, 2.45) is 0 Å². The number of aromatic nitrogens is 3. The number of rotatable bonds is 8. The molecule has 0 aliphatic rings. The number of hydrogen-bond acceptors (Lipinski definition) is 6. The minimum absolute atomic E-state index is 0.0508. The average molecular weight is 383 g/mol. The zero-order valence-corrected chi connectivity index (χ0v) is 15.8. The molecule has 0 saturated carbocycles. The summed E-state index contributed by atoms with van der Waals surface area (Å²) in [5.74, 6) is 0.453. The first kappa shape index (κ1) is 19.6. The van der Waals surface area contributed by atoms with Gasteiger partial charge in [-0.2, -0.15) is 4.98 Å². The van der Waals surface area contributed by atoms with Crippen LogP contribution in [-0.2, 0) is 11.2 Å². The molecule has 0 fully saturated rings. The van der Waals surface area contributed by atoms with Crippen molar-refractivity contribution in [2.75, 3.05) is 20.6 Å². The summed E-state index contributed by atoms with van der Waals surface area (Å²) in [6.45, 7) is 0.419. The Morgan fingerprint density at radius 2 is 2.04 bits per heavy atom. The molecule has 8 heteroatoms. The Bertz CT molecular complexity index is 896. The summed E-state index contributed by atoms with van der Waals surface area (Å²) >= 11 is 0. The zero-order chi connectivity index (χ0) is 19.9. The van der Waals surface area contributed by atoms with Crippen LogP contribution in [0.3, 0.4) is 0 Å². The Balaban J connectivity index is 1.51. The van der Waals surface area contributed by atoms with Gasteiger partial charge in [0.1, 0.15) is 5.82 Å². The van der Waals surface area contributed by atoms with Gasteiger partial charge in [-0.25, -0.2) is 4.39 Å². The second kappa shape index (κ2) is 9.18. The maximum absolute atomic E-state index is 13.1. The van der Waals surface area contributed by atoms with Crippen molar-refractivity contribution in [3.63, 3.8) is 0 Å². The molecule has 0 radical (unpaired) electrons. The number of carbonyl (C=O) groups is 1. The Kier molecular flexibility index (Phi) is 6.44. The number of nitrogens with one attached hydrogen (secondary N) is 1. The molecule has 146 valence electrons. The molecule has 28 heavy (non-hydrogen) atoms. The number of halogens is 1. The van der Waals surface area contributed by atoms with E-state index in [1.807, 2.05) is 25.1 Å². The summed E-state index contributed by atoms with van der Waals surface area (Å²) in [7, 11) is 3.83. The summed E-state index contributed by atoms with van der Waals surface area (Å²) in [5, 5.41) is 6.83. The first-order valence-corrected chi connectivity index (χ1v) is 8.94. The van der Waals surface area contributed by atoms with E-state index < -0.39 is 0 Å². The molecule has 2 heterocycles. The lowest BCUT2D eigenvalue weighted by atomic mass is 10.1. The predicted molar refractivity (Wildman–Crippen MR) is 102 cm³/mol. The molecule has 1 atom stereocenters. The number of amides is 1. The number of carbonyl (C=O) groups excluding carboxylic acids is 1. The van der Waals surface area contributed by atoms with Crippen molar-refractivity contribution in [1.29, 1.82) is 0 Å². The van der Waals surface area contributed by atoms with Crippen LogP contribution in [0.25, 0.3) is 11.4 Å². The molecule has 1 aromatic carbocycles. The van der Waals surface area contributed by atoms with Crippen LogP contribution in [0, 0.1) is 5.82 Å². The smallest absolute Gasteiger partial charge is 0.227 e. The molecular weight excluding hydrogens is 361 g/mol. The molecule has 3 rings (SSSR count). The molecule has 0 saturated heterocycles. The van der Waals surface area contributed by atoms with Crippen LogP contribution in [0.1, 0.15) is 23.9 Å². The van der Waals surface area contributed by atoms with E-state index in [9.17, 15) is 9.18 Å². The lowest BCUT2D eigenvalue weighted by molar-refractivity contribution is -0.121. The monoisotopic (exact) mass is 383 g/mol. The van der Waals surface area contributed by atoms with Crippen LogP contribution in [0.4, 0.5) is 4.39 Å². The van der Waals surface area contributed by atoms with E-state index in [1.165, 1.54) is 12.1 Å². The number of hydrogen-bond donors (Lipinski definition) is 1. The van der Waals surface area contributed by atoms with Crippen LogP contribution >= 0.6 is 0 Å². The number of pyridine rings is 1. The van der Waals surface area contributed by atoms with Gasteiger partial charge >= 0.3 is 0 Å². The lowest BCUT2D eigenvalue weighted by Gasteiger charge is -2.25. The molecule has 0 aliphatic heterocycles. The Morgan fingerprint density at radius 1 is 1.25 bits per heavy atom. The molecule has 2 aromatic heterocycles. The predicted octanol–water partition coefficient (Wildman–Crippen LogP) is 2.62. The molecular formula is C20H22FN5O2. The van der Waals surface area contributed by atoms with Crippen molar-refractivity contribution < 1.29 is 13.7 Å². The van der Waals surface area contributed by atoms with E-state index in [2.05, 4.69) is 20.4 Å². The zero-order valence-electron chi connectivity index (χ0n) is 15.8. The Morgan fingerprint density at radius 3 is 2.71 bits per heavy atom. The minimum atomic E-state index is -0.282. The van der Waals surface area contributed by atoms with Crippen molar-refractivity contribution in [1.82, 2.24) is 25.3 Å². The lowest BCUT2D eigenvalue weighted by Crippen LogP contribution is -2.34. The second-order valence-electron chi connectivity index (χ2n) is 6.59. The van der Waals surface area contributed by atoms with Gasteiger partial charge in [-0.1, -0.05) is 17.3 Å². The van der Waals surface area contributed by atoms with Gasteiger partial charge < -0.3 is 14.7 Å². The number of aryl methyl sites for hydroxylation is 1. The van der Waals surface area contributed by atoms with Gasteiger partial charge in [-0.15, -0.1) is 0 Å². The van der Waals surface area contributed by atoms with Crippen LogP contribution < -0.4 is 5.32 Å². The average Bonchev–Trinajstić information content (AvgIpc) is 3.17. The fourth-order valence-corrected chi connectivity index (χ4v) is 2.77. The van der Waals surface area contributed by atoms with Crippen LogP contribution in [0.5, 0.6) is 0 Å². The van der Waals surface area contributed by atoms with E-state index in [-0.39, 0.29) is 24.2 Å². The second-order valence-corrected chi connectivity index (χ2v) is 6.59. The number of benzene rings is 1. The molecule has 3 aromatic rings. The number of likely N-dealkylation sites (N-methyl/N-ethyl adjacent to an activating group) is 1. The van der Waals surface area contributed by atoms with E-state index in [0.29, 0.717) is 24.7 Å². The van der Waals surface area contributed by atoms with E-state index in [4.69, 9.17) is 4.52 Å². The Hall–Kier alpha value is -3.13. The summed E-state index contributed by atoms with van der Waals surface area (Å²) in [6.07, 6.45) is 3.90. The summed E-state index contributed by atoms with van der Waals surface area (Å²) in [6, 6.07) is 9.87. The van der Waals surface area contributed by atoms with Crippen LogP contribution in [-0.4, -0.2) is 46.6 Å². The quantitative estimate of drug-likeness (QED) is 0.644. The van der Waals surface area contributed by atoms with Gasteiger partial charge in [0.05, 0.1) is 6.04 Å². The molecule has 1 amide bonds. The molecule has 1 N–H and O–H groups in total. The maximum atomic E-state index is 13.1. The van der Waals surface area contributed by atoms with Gasteiger partial charge in [-0.3, -0.25) is 9.78 Å². The summed E-state index contributed by atoms with van der Waals surface area (Å²) < 4.78 is 18.3. The largest absolute Gasteiger partial charge is 0.354 e. The highest BCUT2D eigenvalue weighted by Gasteiger charge is 2.16. The van der Waals surface area contributed by atoms with Crippen molar-refractivity contribution in [3.8, 4) is 11.4 Å². The Labute approximate surface area is 162 Å². The summed E-state index contributed by atoms with van der Waals surface area (Å²) in [4.78, 5) is 22.5. The highest BCUT2D eigenvalue weighted by atomic mass is 19.1. The number of nitrogens with zero attached hydrogens (tertiary/aromatic N) is 4. The molecule has 0 aliphatic carbocycles. The normalized spacial score (nSPS) is 12.1. The van der Waals surface area contributed by atoms with E-state index >= 15 is 0 Å². The maximum Gasteiger partial charge on any atom is 0.227 e. The third kappa shape index (κ3) is 5.20. The topological polar surface area (TPSA) is 84.2 Å². The first-order chi connectivity index (χ1) is 13.5. The fraction of sp³-hybridized carbons (Fsp3) is 0.300. The van der Waals surface area contributed by atoms with E-state index in [0.717, 1.165) is 11.1 Å².